The third-order valence-corrected chi connectivity index (χ3v) is 2.53. The highest BCUT2D eigenvalue weighted by Crippen LogP contribution is 1.99. The molecule has 0 aliphatic heterocycles. The molecule has 0 spiro atoms. The molecule has 0 atom stereocenters. The first-order valence-electron chi connectivity index (χ1n) is 6.76. The summed E-state index contributed by atoms with van der Waals surface area (Å²) in [6.07, 6.45) is 0.891. The van der Waals surface area contributed by atoms with Gasteiger partial charge in [-0.1, -0.05) is 30.3 Å². The second kappa shape index (κ2) is 9.97. The molecule has 0 heterocycles. The fraction of sp³-hybridized carbons (Fsp3) is 0.467. The predicted molar refractivity (Wildman–Crippen MR) is 75.0 cm³/mol. The lowest BCUT2D eigenvalue weighted by Crippen LogP contribution is -2.28. The van der Waals surface area contributed by atoms with Gasteiger partial charge in [0.1, 0.15) is 6.61 Å². The van der Waals surface area contributed by atoms with Crippen LogP contribution < -0.4 is 5.32 Å². The van der Waals surface area contributed by atoms with Gasteiger partial charge in [0, 0.05) is 13.0 Å². The molecule has 0 saturated carbocycles. The van der Waals surface area contributed by atoms with Gasteiger partial charge < -0.3 is 14.8 Å². The summed E-state index contributed by atoms with van der Waals surface area (Å²) >= 11 is 0. The number of ether oxygens (including phenoxy) is 2. The summed E-state index contributed by atoms with van der Waals surface area (Å²) < 4.78 is 10.1. The number of carbonyl (C=O) groups excluding carboxylic acids is 2. The first-order valence-corrected chi connectivity index (χ1v) is 6.76. The van der Waals surface area contributed by atoms with Crippen molar-refractivity contribution < 1.29 is 19.1 Å². The first-order chi connectivity index (χ1) is 9.72. The van der Waals surface area contributed by atoms with Gasteiger partial charge in [-0.05, 0) is 18.9 Å². The quantitative estimate of drug-likeness (QED) is 0.551. The number of amides is 1. The monoisotopic (exact) mass is 279 g/mol. The Morgan fingerprint density at radius 1 is 1.20 bits per heavy atom. The lowest BCUT2D eigenvalue weighted by Gasteiger charge is -2.06. The van der Waals surface area contributed by atoms with Gasteiger partial charge in [0.25, 0.3) is 0 Å². The van der Waals surface area contributed by atoms with E-state index < -0.39 is 0 Å². The van der Waals surface area contributed by atoms with Crippen molar-refractivity contribution in [2.75, 3.05) is 19.8 Å². The van der Waals surface area contributed by atoms with Gasteiger partial charge in [0.15, 0.2) is 0 Å². The number of benzene rings is 1. The maximum atomic E-state index is 11.5. The minimum Gasteiger partial charge on any atom is -0.466 e. The Labute approximate surface area is 119 Å². The summed E-state index contributed by atoms with van der Waals surface area (Å²) in [5.41, 5.74) is 1.03. The van der Waals surface area contributed by atoms with Gasteiger partial charge in [-0.15, -0.1) is 0 Å². The number of carbonyl (C=O) groups is 2. The molecule has 1 N–H and O–H groups in total. The number of hydrogen-bond donors (Lipinski definition) is 1. The third kappa shape index (κ3) is 7.53. The van der Waals surface area contributed by atoms with E-state index in [0.29, 0.717) is 32.6 Å². The summed E-state index contributed by atoms with van der Waals surface area (Å²) in [6, 6.07) is 9.66. The van der Waals surface area contributed by atoms with E-state index in [9.17, 15) is 9.59 Å². The summed E-state index contributed by atoms with van der Waals surface area (Å²) in [7, 11) is 0. The normalized spacial score (nSPS) is 10.1. The van der Waals surface area contributed by atoms with Gasteiger partial charge in [-0.25, -0.2) is 0 Å². The molecule has 0 aliphatic rings. The van der Waals surface area contributed by atoms with Crippen LogP contribution in [-0.2, 0) is 25.7 Å². The zero-order valence-electron chi connectivity index (χ0n) is 11.8. The smallest absolute Gasteiger partial charge is 0.305 e. The van der Waals surface area contributed by atoms with Crippen LogP contribution in [0.4, 0.5) is 0 Å². The van der Waals surface area contributed by atoms with E-state index in [0.717, 1.165) is 5.56 Å². The van der Waals surface area contributed by atoms with Crippen molar-refractivity contribution in [1.29, 1.82) is 0 Å². The molecular formula is C15H21NO4. The van der Waals surface area contributed by atoms with Crippen LogP contribution in [0.2, 0.25) is 0 Å². The third-order valence-electron chi connectivity index (χ3n) is 2.53. The Morgan fingerprint density at radius 2 is 1.95 bits per heavy atom. The number of hydrogen-bond acceptors (Lipinski definition) is 4. The van der Waals surface area contributed by atoms with Crippen LogP contribution in [0.15, 0.2) is 30.3 Å². The van der Waals surface area contributed by atoms with Gasteiger partial charge >= 0.3 is 5.97 Å². The first kappa shape index (κ1) is 16.2. The van der Waals surface area contributed by atoms with Crippen molar-refractivity contribution in [2.45, 2.75) is 26.4 Å². The lowest BCUT2D eigenvalue weighted by atomic mass is 10.2. The van der Waals surface area contributed by atoms with Crippen LogP contribution >= 0.6 is 0 Å². The summed E-state index contributed by atoms with van der Waals surface area (Å²) in [4.78, 5) is 22.5. The van der Waals surface area contributed by atoms with Crippen molar-refractivity contribution in [3.05, 3.63) is 35.9 Å². The fourth-order valence-electron chi connectivity index (χ4n) is 1.58. The summed E-state index contributed by atoms with van der Waals surface area (Å²) in [5, 5.41) is 2.69. The van der Waals surface area contributed by atoms with E-state index in [1.807, 2.05) is 30.3 Å². The minimum absolute atomic E-state index is 0.0221. The van der Waals surface area contributed by atoms with E-state index in [2.05, 4.69) is 5.32 Å². The summed E-state index contributed by atoms with van der Waals surface area (Å²) in [6.45, 7) is 3.04. The van der Waals surface area contributed by atoms with Gasteiger partial charge in [-0.3, -0.25) is 9.59 Å². The molecular weight excluding hydrogens is 258 g/mol. The van der Waals surface area contributed by atoms with E-state index in [1.165, 1.54) is 0 Å². The highest BCUT2D eigenvalue weighted by Gasteiger charge is 2.03. The molecule has 1 aromatic rings. The van der Waals surface area contributed by atoms with Gasteiger partial charge in [0.05, 0.1) is 13.2 Å². The number of nitrogens with one attached hydrogen (secondary N) is 1. The zero-order chi connectivity index (χ0) is 14.6. The van der Waals surface area contributed by atoms with Crippen molar-refractivity contribution in [3.8, 4) is 0 Å². The molecule has 1 aromatic carbocycles. The largest absolute Gasteiger partial charge is 0.466 e. The molecule has 5 nitrogen and oxygen atoms in total. The van der Waals surface area contributed by atoms with E-state index in [4.69, 9.17) is 9.47 Å². The average molecular weight is 279 g/mol. The van der Waals surface area contributed by atoms with E-state index >= 15 is 0 Å². The van der Waals surface area contributed by atoms with E-state index in [-0.39, 0.29) is 18.5 Å². The predicted octanol–water partition coefficient (Wildman–Crippen LogP) is 1.66. The van der Waals surface area contributed by atoms with Crippen LogP contribution in [0.25, 0.3) is 0 Å². The average Bonchev–Trinajstić information content (AvgIpc) is 2.45. The van der Waals surface area contributed by atoms with Crippen LogP contribution in [0.5, 0.6) is 0 Å². The molecule has 0 fully saturated rings. The highest BCUT2D eigenvalue weighted by atomic mass is 16.5. The standard InChI is InChI=1S/C15H21NO4/c1-2-20-15(18)9-6-10-16-14(17)12-19-11-13-7-4-3-5-8-13/h3-5,7-8H,2,6,9-12H2,1H3,(H,16,17). The second-order valence-electron chi connectivity index (χ2n) is 4.24. The number of esters is 1. The van der Waals surface area contributed by atoms with Crippen molar-refractivity contribution in [2.24, 2.45) is 0 Å². The maximum absolute atomic E-state index is 11.5. The van der Waals surface area contributed by atoms with Gasteiger partial charge in [-0.2, -0.15) is 0 Å². The molecule has 0 aliphatic carbocycles. The second-order valence-corrected chi connectivity index (χ2v) is 4.24. The van der Waals surface area contributed by atoms with E-state index in [1.54, 1.807) is 6.92 Å². The molecule has 110 valence electrons. The fourth-order valence-corrected chi connectivity index (χ4v) is 1.58. The molecule has 1 amide bonds. The molecule has 0 saturated heterocycles. The molecule has 0 radical (unpaired) electrons. The minimum atomic E-state index is -0.234. The Morgan fingerprint density at radius 3 is 2.65 bits per heavy atom. The van der Waals surface area contributed by atoms with Crippen LogP contribution in [-0.4, -0.2) is 31.6 Å². The van der Waals surface area contributed by atoms with Crippen LogP contribution in [0.1, 0.15) is 25.3 Å². The molecule has 5 heteroatoms. The summed E-state index contributed by atoms with van der Waals surface area (Å²) in [5.74, 6) is -0.410. The highest BCUT2D eigenvalue weighted by molar-refractivity contribution is 5.77. The zero-order valence-corrected chi connectivity index (χ0v) is 11.8. The molecule has 20 heavy (non-hydrogen) atoms. The van der Waals surface area contributed by atoms with Crippen LogP contribution in [0, 0.1) is 0 Å². The van der Waals surface area contributed by atoms with Crippen molar-refractivity contribution in [1.82, 2.24) is 5.32 Å². The number of rotatable bonds is 9. The lowest BCUT2D eigenvalue weighted by molar-refractivity contribution is -0.143. The maximum Gasteiger partial charge on any atom is 0.305 e. The van der Waals surface area contributed by atoms with Gasteiger partial charge in [0.2, 0.25) is 5.91 Å². The molecule has 1 rings (SSSR count). The Hall–Kier alpha value is -1.88. The Kier molecular flexibility index (Phi) is 8.07. The topological polar surface area (TPSA) is 64.6 Å². The Bertz CT molecular complexity index is 406. The molecule has 0 bridgehead atoms. The van der Waals surface area contributed by atoms with Crippen LogP contribution in [0.3, 0.4) is 0 Å². The van der Waals surface area contributed by atoms with Crippen molar-refractivity contribution >= 4 is 11.9 Å². The molecule has 0 aromatic heterocycles. The molecule has 0 unspecified atom stereocenters. The van der Waals surface area contributed by atoms with Crippen molar-refractivity contribution in [3.63, 3.8) is 0 Å². The SMILES string of the molecule is CCOC(=O)CCCNC(=O)COCc1ccccc1. The Balaban J connectivity index is 2.02.